The van der Waals surface area contributed by atoms with Gasteiger partial charge in [-0.2, -0.15) is 13.2 Å². The van der Waals surface area contributed by atoms with Crippen molar-refractivity contribution in [3.8, 4) is 0 Å². The van der Waals surface area contributed by atoms with Crippen LogP contribution in [0.3, 0.4) is 0 Å². The molecule has 0 amide bonds. The van der Waals surface area contributed by atoms with Gasteiger partial charge in [-0.15, -0.1) is 0 Å². The molecule has 0 fully saturated rings. The lowest BCUT2D eigenvalue weighted by molar-refractivity contribution is -0.140. The Kier molecular flexibility index (Phi) is 4.12. The van der Waals surface area contributed by atoms with Gasteiger partial charge in [-0.05, 0) is 23.2 Å². The zero-order valence-electron chi connectivity index (χ0n) is 8.45. The van der Waals surface area contributed by atoms with Crippen LogP contribution in [0.15, 0.2) is 29.4 Å². The maximum Gasteiger partial charge on any atom is 0.419 e. The van der Waals surface area contributed by atoms with E-state index in [-0.39, 0.29) is 12.1 Å². The summed E-state index contributed by atoms with van der Waals surface area (Å²) in [6.45, 7) is 0.0230. The van der Waals surface area contributed by atoms with Gasteiger partial charge in [0.2, 0.25) is 0 Å². The Labute approximate surface area is 94.0 Å². The van der Waals surface area contributed by atoms with Crippen molar-refractivity contribution >= 4 is 6.08 Å². The molecule has 0 bridgehead atoms. The fraction of sp³-hybridized carbons (Fsp3) is 0.200. The molecule has 0 aliphatic rings. The van der Waals surface area contributed by atoms with Gasteiger partial charge in [0.05, 0.1) is 5.56 Å². The summed E-state index contributed by atoms with van der Waals surface area (Å²) in [6, 6.07) is 2.65. The van der Waals surface area contributed by atoms with E-state index in [1.807, 2.05) is 0 Å². The molecule has 0 atom stereocenters. The number of azide groups is 1. The first kappa shape index (κ1) is 13.1. The molecular formula is C10H7F4N3. The van der Waals surface area contributed by atoms with E-state index in [9.17, 15) is 17.6 Å². The summed E-state index contributed by atoms with van der Waals surface area (Å²) in [7, 11) is 0. The molecule has 1 rings (SSSR count). The molecule has 0 heterocycles. The Hall–Kier alpha value is -2.01. The minimum absolute atomic E-state index is 0.0230. The van der Waals surface area contributed by atoms with E-state index in [2.05, 4.69) is 10.0 Å². The highest BCUT2D eigenvalue weighted by molar-refractivity contribution is 5.51. The quantitative estimate of drug-likeness (QED) is 0.332. The molecule has 0 saturated carbocycles. The number of hydrogen-bond donors (Lipinski definition) is 0. The van der Waals surface area contributed by atoms with Gasteiger partial charge in [0.1, 0.15) is 5.82 Å². The van der Waals surface area contributed by atoms with E-state index >= 15 is 0 Å². The minimum Gasteiger partial charge on any atom is -0.206 e. The monoisotopic (exact) mass is 245 g/mol. The van der Waals surface area contributed by atoms with Crippen LogP contribution in [-0.4, -0.2) is 6.54 Å². The minimum atomic E-state index is -4.72. The fourth-order valence-corrected chi connectivity index (χ4v) is 1.14. The first-order valence-electron chi connectivity index (χ1n) is 4.49. The molecule has 0 aliphatic carbocycles. The number of benzene rings is 1. The summed E-state index contributed by atoms with van der Waals surface area (Å²) >= 11 is 0. The van der Waals surface area contributed by atoms with Crippen LogP contribution in [0.2, 0.25) is 0 Å². The molecule has 0 unspecified atom stereocenters. The highest BCUT2D eigenvalue weighted by Gasteiger charge is 2.33. The molecule has 0 aromatic heterocycles. The lowest BCUT2D eigenvalue weighted by atomic mass is 10.1. The van der Waals surface area contributed by atoms with Crippen molar-refractivity contribution in [2.75, 3.05) is 6.54 Å². The maximum absolute atomic E-state index is 12.9. The largest absolute Gasteiger partial charge is 0.419 e. The van der Waals surface area contributed by atoms with Crippen molar-refractivity contribution in [3.63, 3.8) is 0 Å². The maximum atomic E-state index is 12.9. The van der Waals surface area contributed by atoms with Crippen LogP contribution in [0.1, 0.15) is 11.1 Å². The van der Waals surface area contributed by atoms with Crippen molar-refractivity contribution in [2.45, 2.75) is 6.18 Å². The van der Waals surface area contributed by atoms with E-state index in [0.717, 1.165) is 6.07 Å². The van der Waals surface area contributed by atoms with Gasteiger partial charge in [0.25, 0.3) is 0 Å². The summed E-state index contributed by atoms with van der Waals surface area (Å²) < 4.78 is 49.9. The number of nitrogens with zero attached hydrogens (tertiary/aromatic N) is 3. The van der Waals surface area contributed by atoms with Gasteiger partial charge in [-0.1, -0.05) is 23.3 Å². The molecule has 0 aliphatic heterocycles. The molecule has 0 spiro atoms. The van der Waals surface area contributed by atoms with Gasteiger partial charge < -0.3 is 0 Å². The van der Waals surface area contributed by atoms with Crippen molar-refractivity contribution in [1.29, 1.82) is 0 Å². The Morgan fingerprint density at radius 3 is 2.65 bits per heavy atom. The van der Waals surface area contributed by atoms with Crippen LogP contribution in [0.25, 0.3) is 16.5 Å². The van der Waals surface area contributed by atoms with E-state index < -0.39 is 17.6 Å². The van der Waals surface area contributed by atoms with Crippen molar-refractivity contribution in [1.82, 2.24) is 0 Å². The van der Waals surface area contributed by atoms with Gasteiger partial charge >= 0.3 is 6.18 Å². The van der Waals surface area contributed by atoms with Crippen LogP contribution in [0.5, 0.6) is 0 Å². The molecule has 17 heavy (non-hydrogen) atoms. The van der Waals surface area contributed by atoms with E-state index in [1.54, 1.807) is 0 Å². The summed E-state index contributed by atoms with van der Waals surface area (Å²) in [5.41, 5.74) is 6.85. The molecule has 1 aromatic rings. The molecule has 3 nitrogen and oxygen atoms in total. The molecule has 1 aromatic carbocycles. The first-order valence-corrected chi connectivity index (χ1v) is 4.49. The molecular weight excluding hydrogens is 238 g/mol. The topological polar surface area (TPSA) is 48.8 Å². The number of halogens is 4. The summed E-state index contributed by atoms with van der Waals surface area (Å²) in [6.07, 6.45) is -2.02. The highest BCUT2D eigenvalue weighted by atomic mass is 19.4. The summed E-state index contributed by atoms with van der Waals surface area (Å²) in [5.74, 6) is -1.32. The second-order valence-electron chi connectivity index (χ2n) is 3.05. The third-order valence-corrected chi connectivity index (χ3v) is 1.86. The lowest BCUT2D eigenvalue weighted by Gasteiger charge is -2.08. The van der Waals surface area contributed by atoms with Crippen molar-refractivity contribution in [2.24, 2.45) is 5.11 Å². The van der Waals surface area contributed by atoms with Crippen LogP contribution < -0.4 is 0 Å². The molecule has 0 radical (unpaired) electrons. The number of rotatable bonds is 3. The third-order valence-electron chi connectivity index (χ3n) is 1.86. The number of alkyl halides is 3. The highest BCUT2D eigenvalue weighted by Crippen LogP contribution is 2.32. The fourth-order valence-electron chi connectivity index (χ4n) is 1.14. The van der Waals surface area contributed by atoms with Crippen molar-refractivity contribution < 1.29 is 17.6 Å². The second kappa shape index (κ2) is 5.36. The standard InChI is InChI=1S/C10H7F4N3/c11-9-4-3-7(2-1-5-16-17-15)6-8(9)10(12,13)14/h1-4,6H,5H2. The summed E-state index contributed by atoms with van der Waals surface area (Å²) in [5, 5.41) is 3.17. The zero-order valence-corrected chi connectivity index (χ0v) is 8.45. The van der Waals surface area contributed by atoms with Gasteiger partial charge in [0.15, 0.2) is 0 Å². The SMILES string of the molecule is [N-]=[N+]=NCC=Cc1ccc(F)c(C(F)(F)F)c1. The smallest absolute Gasteiger partial charge is 0.206 e. The predicted octanol–water partition coefficient (Wildman–Crippen LogP) is 4.17. The Balaban J connectivity index is 2.97. The van der Waals surface area contributed by atoms with Crippen LogP contribution >= 0.6 is 0 Å². The Morgan fingerprint density at radius 2 is 2.06 bits per heavy atom. The predicted molar refractivity (Wildman–Crippen MR) is 54.4 cm³/mol. The van der Waals surface area contributed by atoms with Gasteiger partial charge in [-0.25, -0.2) is 4.39 Å². The molecule has 0 N–H and O–H groups in total. The normalized spacial score (nSPS) is 11.5. The van der Waals surface area contributed by atoms with E-state index in [1.165, 1.54) is 18.2 Å². The first-order chi connectivity index (χ1) is 7.95. The molecule has 7 heteroatoms. The molecule has 90 valence electrons. The van der Waals surface area contributed by atoms with E-state index in [0.29, 0.717) is 6.07 Å². The van der Waals surface area contributed by atoms with Gasteiger partial charge in [-0.3, -0.25) is 0 Å². The third kappa shape index (κ3) is 3.81. The zero-order chi connectivity index (χ0) is 12.9. The van der Waals surface area contributed by atoms with Crippen molar-refractivity contribution in [3.05, 3.63) is 51.7 Å². The van der Waals surface area contributed by atoms with Gasteiger partial charge in [0, 0.05) is 11.5 Å². The molecule has 0 saturated heterocycles. The van der Waals surface area contributed by atoms with Crippen LogP contribution in [0.4, 0.5) is 17.6 Å². The average Bonchev–Trinajstić information content (AvgIpc) is 2.25. The number of hydrogen-bond acceptors (Lipinski definition) is 1. The van der Waals surface area contributed by atoms with Crippen LogP contribution in [-0.2, 0) is 6.18 Å². The Bertz CT molecular complexity index is 473. The Morgan fingerprint density at radius 1 is 1.35 bits per heavy atom. The van der Waals surface area contributed by atoms with E-state index in [4.69, 9.17) is 5.53 Å². The second-order valence-corrected chi connectivity index (χ2v) is 3.05. The van der Waals surface area contributed by atoms with Crippen LogP contribution in [0, 0.1) is 5.82 Å². The summed E-state index contributed by atoms with van der Waals surface area (Å²) in [4.78, 5) is 2.47. The lowest BCUT2D eigenvalue weighted by Crippen LogP contribution is -2.08. The average molecular weight is 245 g/mol.